The van der Waals surface area contributed by atoms with Crippen LogP contribution >= 0.6 is 0 Å². The minimum atomic E-state index is -0.538. The van der Waals surface area contributed by atoms with Gasteiger partial charge in [0, 0.05) is 134 Å². The van der Waals surface area contributed by atoms with Crippen LogP contribution < -0.4 is 30.7 Å². The third kappa shape index (κ3) is 15.5. The summed E-state index contributed by atoms with van der Waals surface area (Å²) in [5, 5.41) is 37.8. The molecule has 3 unspecified atom stereocenters. The molecule has 9 heterocycles. The van der Waals surface area contributed by atoms with E-state index < -0.39 is 18.3 Å². The highest BCUT2D eigenvalue weighted by atomic mass is 16.5. The van der Waals surface area contributed by atoms with Crippen LogP contribution in [0.25, 0.3) is 33.1 Å². The maximum absolute atomic E-state index is 13.0. The molecule has 24 nitrogen and oxygen atoms in total. The number of ether oxygens (including phenoxy) is 3. The van der Waals surface area contributed by atoms with Gasteiger partial charge in [0.25, 0.3) is 17.7 Å². The number of nitriles is 3. The Labute approximate surface area is 543 Å². The molecule has 0 spiro atoms. The first-order chi connectivity index (χ1) is 45.3. The summed E-state index contributed by atoms with van der Waals surface area (Å²) in [7, 11) is 0. The van der Waals surface area contributed by atoms with Gasteiger partial charge in [-0.3, -0.25) is 44.3 Å². The third-order valence-corrected chi connectivity index (χ3v) is 19.3. The Hall–Kier alpha value is -8.28. The van der Waals surface area contributed by atoms with Gasteiger partial charge < -0.3 is 59.6 Å². The summed E-state index contributed by atoms with van der Waals surface area (Å²) in [6.45, 7) is 18.8. The van der Waals surface area contributed by atoms with Crippen molar-refractivity contribution in [3.63, 3.8) is 0 Å². The number of anilines is 3. The zero-order chi connectivity index (χ0) is 64.1. The number of benzene rings is 3. The van der Waals surface area contributed by atoms with E-state index in [1.54, 1.807) is 55.4 Å². The smallest absolute Gasteiger partial charge is 0.251 e. The molecule has 24 heteroatoms. The number of amides is 3. The standard InChI is InChI=1S/3C23H28N6O2/c3*1-15-11-29(19-5-4-17(10-24)21-22(19)26-8-7-25-21)14-20(31-15)23(30)27-18-6-9-28(13-18)12-16-2-3-16/h3*4-5,7-8,15-16,18,20H,2-3,6,9,11-14H2,1H3,(H,27,30)/t3*15-,18?,20-/m111/s1. The molecule has 3 aliphatic carbocycles. The van der Waals surface area contributed by atoms with Gasteiger partial charge in [0.15, 0.2) is 18.3 Å². The second-order valence-electron chi connectivity index (χ2n) is 27.1. The summed E-state index contributed by atoms with van der Waals surface area (Å²) in [6.07, 6.45) is 18.9. The Kier molecular flexibility index (Phi) is 19.5. The molecule has 486 valence electrons. The fraction of sp³-hybridized carbons (Fsp3) is 0.565. The zero-order valence-electron chi connectivity index (χ0n) is 53.5. The third-order valence-electron chi connectivity index (χ3n) is 19.3. The predicted molar refractivity (Wildman–Crippen MR) is 350 cm³/mol. The van der Waals surface area contributed by atoms with Crippen molar-refractivity contribution in [2.45, 2.75) is 133 Å². The molecule has 3 aromatic carbocycles. The normalized spacial score (nSPS) is 26.7. The van der Waals surface area contributed by atoms with Crippen LogP contribution in [0, 0.1) is 51.7 Å². The van der Waals surface area contributed by atoms with E-state index in [0.29, 0.717) is 89.1 Å². The van der Waals surface area contributed by atoms with E-state index in [4.69, 9.17) is 14.2 Å². The van der Waals surface area contributed by atoms with Crippen molar-refractivity contribution in [3.05, 3.63) is 90.3 Å². The number of hydrogen-bond acceptors (Lipinski definition) is 21. The van der Waals surface area contributed by atoms with Crippen molar-refractivity contribution >= 4 is 67.9 Å². The molecule has 9 atom stereocenters. The van der Waals surface area contributed by atoms with E-state index in [-0.39, 0.29) is 54.2 Å². The maximum atomic E-state index is 13.0. The van der Waals surface area contributed by atoms with E-state index in [1.165, 1.54) is 58.2 Å². The van der Waals surface area contributed by atoms with Gasteiger partial charge in [0.05, 0.1) is 71.7 Å². The van der Waals surface area contributed by atoms with E-state index in [2.05, 4.69) is 93.5 Å². The monoisotopic (exact) mass is 1260 g/mol. The lowest BCUT2D eigenvalue weighted by atomic mass is 10.1. The van der Waals surface area contributed by atoms with Crippen molar-refractivity contribution in [2.24, 2.45) is 17.8 Å². The molecular formula is C69H84N18O6. The van der Waals surface area contributed by atoms with Gasteiger partial charge in [0.1, 0.15) is 51.3 Å². The largest absolute Gasteiger partial charge is 0.364 e. The maximum Gasteiger partial charge on any atom is 0.251 e. The molecule has 0 bridgehead atoms. The van der Waals surface area contributed by atoms with Crippen LogP contribution in [0.4, 0.5) is 17.1 Å². The van der Waals surface area contributed by atoms with Gasteiger partial charge in [-0.15, -0.1) is 0 Å². The molecule has 6 aromatic rings. The number of morpholine rings is 3. The second-order valence-corrected chi connectivity index (χ2v) is 27.1. The second kappa shape index (κ2) is 28.5. The van der Waals surface area contributed by atoms with Gasteiger partial charge in [0.2, 0.25) is 0 Å². The summed E-state index contributed by atoms with van der Waals surface area (Å²) < 4.78 is 18.0. The molecule has 15 rings (SSSR count). The summed E-state index contributed by atoms with van der Waals surface area (Å²) in [6, 6.07) is 18.1. The number of fused-ring (bicyclic) bond motifs is 3. The quantitative estimate of drug-likeness (QED) is 0.121. The summed E-state index contributed by atoms with van der Waals surface area (Å²) in [5.74, 6) is 2.49. The lowest BCUT2D eigenvalue weighted by Crippen LogP contribution is -2.54. The minimum absolute atomic E-state index is 0.0427. The highest BCUT2D eigenvalue weighted by Gasteiger charge is 2.39. The first kappa shape index (κ1) is 63.5. The fourth-order valence-corrected chi connectivity index (χ4v) is 14.3. The molecule has 9 aliphatic rings. The van der Waals surface area contributed by atoms with Crippen molar-refractivity contribution in [3.8, 4) is 18.2 Å². The Bertz CT molecular complexity index is 3440. The first-order valence-electron chi connectivity index (χ1n) is 33.5. The van der Waals surface area contributed by atoms with E-state index >= 15 is 0 Å². The molecule has 0 radical (unpaired) electrons. The Balaban J connectivity index is 0.000000127. The Morgan fingerprint density at radius 3 is 0.925 bits per heavy atom. The fourth-order valence-electron chi connectivity index (χ4n) is 14.3. The van der Waals surface area contributed by atoms with Crippen LogP contribution in [0.3, 0.4) is 0 Å². The molecule has 3 amide bonds. The van der Waals surface area contributed by atoms with Gasteiger partial charge in [-0.25, -0.2) is 0 Å². The molecular weight excluding hydrogens is 1180 g/mol. The van der Waals surface area contributed by atoms with Crippen molar-refractivity contribution in [1.82, 2.24) is 60.6 Å². The molecule has 3 N–H and O–H groups in total. The predicted octanol–water partition coefficient (Wildman–Crippen LogP) is 5.09. The number of nitrogens with zero attached hydrogens (tertiary/aromatic N) is 15. The molecule has 93 heavy (non-hydrogen) atoms. The van der Waals surface area contributed by atoms with E-state index in [0.717, 1.165) is 93.3 Å². The number of hydrogen-bond donors (Lipinski definition) is 3. The van der Waals surface area contributed by atoms with E-state index in [1.807, 2.05) is 39.0 Å². The van der Waals surface area contributed by atoms with Gasteiger partial charge in [-0.05, 0) is 133 Å². The number of likely N-dealkylation sites (tertiary alicyclic amines) is 3. The van der Waals surface area contributed by atoms with Crippen molar-refractivity contribution in [1.29, 1.82) is 15.8 Å². The molecule has 9 fully saturated rings. The molecule has 6 aliphatic heterocycles. The van der Waals surface area contributed by atoms with Crippen LogP contribution in [0.1, 0.15) is 95.2 Å². The van der Waals surface area contributed by atoms with Crippen LogP contribution in [0.2, 0.25) is 0 Å². The van der Waals surface area contributed by atoms with Crippen molar-refractivity contribution in [2.75, 3.05) is 113 Å². The lowest BCUT2D eigenvalue weighted by molar-refractivity contribution is -0.138. The number of nitrogens with one attached hydrogen (secondary N) is 3. The summed E-state index contributed by atoms with van der Waals surface area (Å²) in [4.78, 5) is 79.4. The topological polar surface area (TPSA) is 283 Å². The number of carbonyl (C=O) groups excluding carboxylic acids is 3. The molecule has 3 aromatic heterocycles. The highest BCUT2D eigenvalue weighted by molar-refractivity contribution is 5.95. The zero-order valence-corrected chi connectivity index (χ0v) is 53.5. The van der Waals surface area contributed by atoms with Gasteiger partial charge in [-0.1, -0.05) is 0 Å². The molecule has 3 saturated carbocycles. The Morgan fingerprint density at radius 2 is 0.667 bits per heavy atom. The number of rotatable bonds is 15. The minimum Gasteiger partial charge on any atom is -0.364 e. The molecule has 6 saturated heterocycles. The average Bonchev–Trinajstić information content (AvgIpc) is 1.82. The number of carbonyl (C=O) groups is 3. The van der Waals surface area contributed by atoms with Crippen LogP contribution in [0.15, 0.2) is 73.6 Å². The highest BCUT2D eigenvalue weighted by Crippen LogP contribution is 2.35. The van der Waals surface area contributed by atoms with Crippen molar-refractivity contribution < 1.29 is 28.6 Å². The van der Waals surface area contributed by atoms with Gasteiger partial charge >= 0.3 is 0 Å². The SMILES string of the molecule is C[C@@H]1CN(c2ccc(C#N)c3nccnc23)C[C@H](C(=O)NC2CCN(CC3CC3)C2)O1.C[C@@H]1CN(c2ccc(C#N)c3nccnc23)C[C@H](C(=O)NC2CCN(CC3CC3)C2)O1.C[C@@H]1CN(c2ccc(C#N)c3nccnc23)C[C@H](C(=O)NC2CCN(CC3CC3)C2)O1. The average molecular weight is 1260 g/mol. The van der Waals surface area contributed by atoms with Crippen LogP contribution in [-0.4, -0.2) is 215 Å². The van der Waals surface area contributed by atoms with Gasteiger partial charge in [-0.2, -0.15) is 15.8 Å². The number of aromatic nitrogens is 6. The first-order valence-corrected chi connectivity index (χ1v) is 33.5. The van der Waals surface area contributed by atoms with Crippen LogP contribution in [0.5, 0.6) is 0 Å². The lowest BCUT2D eigenvalue weighted by Gasteiger charge is -2.38. The Morgan fingerprint density at radius 1 is 0.398 bits per heavy atom. The van der Waals surface area contributed by atoms with Crippen LogP contribution in [-0.2, 0) is 28.6 Å². The summed E-state index contributed by atoms with van der Waals surface area (Å²) in [5.41, 5.74) is 7.95. The van der Waals surface area contributed by atoms with E-state index in [9.17, 15) is 30.2 Å². The summed E-state index contributed by atoms with van der Waals surface area (Å²) >= 11 is 0.